The number of carbonyl (C=O) groups excluding carboxylic acids is 2. The van der Waals surface area contributed by atoms with Crippen molar-refractivity contribution in [2.75, 3.05) is 25.5 Å². The van der Waals surface area contributed by atoms with E-state index in [0.717, 1.165) is 22.9 Å². The van der Waals surface area contributed by atoms with E-state index >= 15 is 0 Å². The maximum absolute atomic E-state index is 12.5. The number of nitrogens with one attached hydrogen (secondary N) is 1. The first-order valence-electron chi connectivity index (χ1n) is 7.12. The molecule has 1 aliphatic rings. The highest BCUT2D eigenvalue weighted by Crippen LogP contribution is 2.24. The minimum atomic E-state index is -0.523. The average Bonchev–Trinajstić information content (AvgIpc) is 3.04. The van der Waals surface area contributed by atoms with Crippen LogP contribution in [0.1, 0.15) is 6.42 Å². The summed E-state index contributed by atoms with van der Waals surface area (Å²) in [6.07, 6.45) is 0.212. The van der Waals surface area contributed by atoms with Crippen molar-refractivity contribution in [2.45, 2.75) is 6.42 Å². The molecule has 1 aliphatic heterocycles. The number of rotatable bonds is 1. The Labute approximate surface area is 128 Å². The van der Waals surface area contributed by atoms with Crippen LogP contribution in [0.5, 0.6) is 0 Å². The first-order chi connectivity index (χ1) is 10.7. The molecular formula is C16H17N3O3. The van der Waals surface area contributed by atoms with E-state index in [1.807, 2.05) is 42.5 Å². The van der Waals surface area contributed by atoms with Crippen LogP contribution in [0.2, 0.25) is 0 Å². The molecule has 0 unspecified atom stereocenters. The molecule has 3 amide bonds. The fraction of sp³-hybridized carbons (Fsp3) is 0.250. The summed E-state index contributed by atoms with van der Waals surface area (Å²) in [5.74, 6) is 0. The molecule has 0 atom stereocenters. The minimum Gasteiger partial charge on any atom is -0.452 e. The van der Waals surface area contributed by atoms with Crippen molar-refractivity contribution in [3.63, 3.8) is 0 Å². The third-order valence-corrected chi connectivity index (χ3v) is 3.68. The Bertz CT molecular complexity index is 711. The topological polar surface area (TPSA) is 61.9 Å². The smallest absolute Gasteiger partial charge is 0.428 e. The zero-order chi connectivity index (χ0) is 15.5. The molecule has 1 heterocycles. The van der Waals surface area contributed by atoms with Crippen molar-refractivity contribution < 1.29 is 14.3 Å². The molecule has 0 aromatic heterocycles. The molecule has 114 valence electrons. The normalized spacial score (nSPS) is 14.2. The summed E-state index contributed by atoms with van der Waals surface area (Å²) in [6.45, 7) is 0.974. The number of fused-ring (bicyclic) bond motifs is 1. The van der Waals surface area contributed by atoms with Crippen LogP contribution in [-0.2, 0) is 4.74 Å². The lowest BCUT2D eigenvalue weighted by Crippen LogP contribution is -2.46. The predicted octanol–water partition coefficient (Wildman–Crippen LogP) is 3.06. The summed E-state index contributed by atoms with van der Waals surface area (Å²) in [5.41, 5.74) is 0.722. The molecule has 1 fully saturated rings. The van der Waals surface area contributed by atoms with Gasteiger partial charge in [-0.05, 0) is 17.9 Å². The van der Waals surface area contributed by atoms with E-state index < -0.39 is 6.09 Å². The van der Waals surface area contributed by atoms with Crippen LogP contribution in [0.25, 0.3) is 10.8 Å². The van der Waals surface area contributed by atoms with Gasteiger partial charge in [0, 0.05) is 18.5 Å². The SMILES string of the molecule is COC(=O)N1CCCN1C(=O)Nc1cccc2ccccc12. The average molecular weight is 299 g/mol. The van der Waals surface area contributed by atoms with Gasteiger partial charge in [0.1, 0.15) is 0 Å². The number of urea groups is 1. The fourth-order valence-corrected chi connectivity index (χ4v) is 2.63. The number of methoxy groups -OCH3 is 1. The molecule has 0 bridgehead atoms. The molecule has 3 rings (SSSR count). The maximum Gasteiger partial charge on any atom is 0.428 e. The third-order valence-electron chi connectivity index (χ3n) is 3.68. The number of ether oxygens (including phenoxy) is 1. The van der Waals surface area contributed by atoms with E-state index in [9.17, 15) is 9.59 Å². The number of anilines is 1. The highest BCUT2D eigenvalue weighted by Gasteiger charge is 2.31. The summed E-state index contributed by atoms with van der Waals surface area (Å²) in [5, 5.41) is 7.58. The molecule has 0 spiro atoms. The summed E-state index contributed by atoms with van der Waals surface area (Å²) in [4.78, 5) is 24.1. The Morgan fingerprint density at radius 2 is 1.77 bits per heavy atom. The Morgan fingerprint density at radius 3 is 2.59 bits per heavy atom. The van der Waals surface area contributed by atoms with Crippen LogP contribution < -0.4 is 5.32 Å². The zero-order valence-corrected chi connectivity index (χ0v) is 12.3. The van der Waals surface area contributed by atoms with Crippen molar-refractivity contribution >= 4 is 28.6 Å². The number of benzene rings is 2. The lowest BCUT2D eigenvalue weighted by Gasteiger charge is -2.26. The number of amides is 3. The number of nitrogens with zero attached hydrogens (tertiary/aromatic N) is 2. The first-order valence-corrected chi connectivity index (χ1v) is 7.12. The lowest BCUT2D eigenvalue weighted by atomic mass is 10.1. The molecule has 0 saturated carbocycles. The molecule has 6 heteroatoms. The van der Waals surface area contributed by atoms with Gasteiger partial charge in [0.2, 0.25) is 0 Å². The number of hydrazine groups is 1. The fourth-order valence-electron chi connectivity index (χ4n) is 2.63. The lowest BCUT2D eigenvalue weighted by molar-refractivity contribution is 0.0511. The monoisotopic (exact) mass is 299 g/mol. The summed E-state index contributed by atoms with van der Waals surface area (Å²) in [7, 11) is 1.31. The van der Waals surface area contributed by atoms with Gasteiger partial charge in [-0.3, -0.25) is 0 Å². The standard InChI is InChI=1S/C16H17N3O3/c1-22-16(21)19-11-5-10-18(19)15(20)17-14-9-4-7-12-6-2-3-8-13(12)14/h2-4,6-9H,5,10-11H2,1H3,(H,17,20). The summed E-state index contributed by atoms with van der Waals surface area (Å²) >= 11 is 0. The van der Waals surface area contributed by atoms with E-state index in [2.05, 4.69) is 5.32 Å². The largest absolute Gasteiger partial charge is 0.452 e. The second-order valence-corrected chi connectivity index (χ2v) is 5.03. The molecule has 1 saturated heterocycles. The van der Waals surface area contributed by atoms with Crippen LogP contribution in [0.4, 0.5) is 15.3 Å². The van der Waals surface area contributed by atoms with Crippen molar-refractivity contribution in [3.8, 4) is 0 Å². The molecule has 2 aromatic carbocycles. The molecule has 2 aromatic rings. The van der Waals surface area contributed by atoms with Crippen LogP contribution in [0.15, 0.2) is 42.5 Å². The van der Waals surface area contributed by atoms with Crippen LogP contribution in [0.3, 0.4) is 0 Å². The van der Waals surface area contributed by atoms with Crippen molar-refractivity contribution in [1.82, 2.24) is 10.0 Å². The second-order valence-electron chi connectivity index (χ2n) is 5.03. The van der Waals surface area contributed by atoms with E-state index in [0.29, 0.717) is 13.1 Å². The summed E-state index contributed by atoms with van der Waals surface area (Å²) in [6, 6.07) is 13.2. The highest BCUT2D eigenvalue weighted by atomic mass is 16.5. The van der Waals surface area contributed by atoms with Gasteiger partial charge in [0.15, 0.2) is 0 Å². The van der Waals surface area contributed by atoms with Gasteiger partial charge < -0.3 is 10.1 Å². The van der Waals surface area contributed by atoms with Crippen LogP contribution >= 0.6 is 0 Å². The highest BCUT2D eigenvalue weighted by molar-refractivity contribution is 6.01. The Hall–Kier alpha value is -2.76. The quantitative estimate of drug-likeness (QED) is 0.880. The Balaban J connectivity index is 1.83. The van der Waals surface area contributed by atoms with Gasteiger partial charge in [0.05, 0.1) is 12.8 Å². The zero-order valence-electron chi connectivity index (χ0n) is 12.3. The molecule has 6 nitrogen and oxygen atoms in total. The summed E-state index contributed by atoms with van der Waals surface area (Å²) < 4.78 is 4.70. The number of hydrogen-bond donors (Lipinski definition) is 1. The van der Waals surface area contributed by atoms with Gasteiger partial charge in [-0.15, -0.1) is 0 Å². The van der Waals surface area contributed by atoms with E-state index in [1.165, 1.54) is 17.1 Å². The molecule has 22 heavy (non-hydrogen) atoms. The van der Waals surface area contributed by atoms with Crippen molar-refractivity contribution in [3.05, 3.63) is 42.5 Å². The maximum atomic E-state index is 12.5. The predicted molar refractivity (Wildman–Crippen MR) is 83.4 cm³/mol. The molecule has 1 N–H and O–H groups in total. The second kappa shape index (κ2) is 5.93. The molecule has 0 aliphatic carbocycles. The Morgan fingerprint density at radius 1 is 1.05 bits per heavy atom. The van der Waals surface area contributed by atoms with Crippen LogP contribution in [-0.4, -0.2) is 42.3 Å². The van der Waals surface area contributed by atoms with E-state index in [-0.39, 0.29) is 6.03 Å². The first kappa shape index (κ1) is 14.2. The van der Waals surface area contributed by atoms with Gasteiger partial charge in [-0.1, -0.05) is 36.4 Å². The number of carbonyl (C=O) groups is 2. The minimum absolute atomic E-state index is 0.334. The molecule has 0 radical (unpaired) electrons. The van der Waals surface area contributed by atoms with Gasteiger partial charge in [0.25, 0.3) is 0 Å². The van der Waals surface area contributed by atoms with Crippen molar-refractivity contribution in [2.24, 2.45) is 0 Å². The van der Waals surface area contributed by atoms with Gasteiger partial charge >= 0.3 is 12.1 Å². The third kappa shape index (κ3) is 2.55. The number of hydrogen-bond acceptors (Lipinski definition) is 3. The van der Waals surface area contributed by atoms with E-state index in [1.54, 1.807) is 0 Å². The van der Waals surface area contributed by atoms with Crippen molar-refractivity contribution in [1.29, 1.82) is 0 Å². The Kier molecular flexibility index (Phi) is 3.82. The van der Waals surface area contributed by atoms with Gasteiger partial charge in [-0.25, -0.2) is 19.6 Å². The van der Waals surface area contributed by atoms with Crippen LogP contribution in [0, 0.1) is 0 Å². The molecular weight excluding hydrogens is 282 g/mol. The van der Waals surface area contributed by atoms with E-state index in [4.69, 9.17) is 4.74 Å². The van der Waals surface area contributed by atoms with Gasteiger partial charge in [-0.2, -0.15) is 0 Å².